The Balaban J connectivity index is 1.50. The van der Waals surface area contributed by atoms with Crippen LogP contribution in [0.1, 0.15) is 11.1 Å². The fraction of sp³-hybridized carbons (Fsp3) is 0.208. The molecule has 0 saturated carbocycles. The largest absolute Gasteiger partial charge is 0.493 e. The van der Waals surface area contributed by atoms with Gasteiger partial charge in [0.1, 0.15) is 5.01 Å². The van der Waals surface area contributed by atoms with E-state index in [1.807, 2.05) is 12.1 Å². The molecule has 0 bridgehead atoms. The Kier molecular flexibility index (Phi) is 5.77. The summed E-state index contributed by atoms with van der Waals surface area (Å²) in [6.45, 7) is 2.74. The normalized spacial score (nSPS) is 10.8. The number of hydrogen-bond acceptors (Lipinski definition) is 6. The van der Waals surface area contributed by atoms with Crippen molar-refractivity contribution in [2.24, 2.45) is 0 Å². The summed E-state index contributed by atoms with van der Waals surface area (Å²) in [5.74, 6) is 1.89. The number of ether oxygens (including phenoxy) is 3. The molecule has 6 heteroatoms. The predicted octanol–water partition coefficient (Wildman–Crippen LogP) is 5.91. The van der Waals surface area contributed by atoms with Crippen LogP contribution in [0.5, 0.6) is 17.2 Å². The van der Waals surface area contributed by atoms with E-state index in [1.54, 1.807) is 32.7 Å². The number of aryl methyl sites for hydroxylation is 1. The maximum atomic E-state index is 5.43. The second-order valence-corrected chi connectivity index (χ2v) is 7.99. The summed E-state index contributed by atoms with van der Waals surface area (Å²) in [7, 11) is 4.85. The number of thiazole rings is 1. The quantitative estimate of drug-likeness (QED) is 0.403. The van der Waals surface area contributed by atoms with Crippen LogP contribution < -0.4 is 19.5 Å². The van der Waals surface area contributed by atoms with Crippen LogP contribution in [0.2, 0.25) is 0 Å². The van der Waals surface area contributed by atoms with Gasteiger partial charge in [-0.2, -0.15) is 0 Å². The molecule has 0 aliphatic rings. The molecule has 5 nitrogen and oxygen atoms in total. The number of methoxy groups -OCH3 is 3. The highest BCUT2D eigenvalue weighted by atomic mass is 32.1. The smallest absolute Gasteiger partial charge is 0.203 e. The standard InChI is InChI=1S/C24H24N2O3S/c1-15-5-10-19-22(11-15)30-24(26-19)17-6-8-18(9-7-17)25-14-16-12-20(27-2)23(29-4)21(13-16)28-3/h5-13,25H,14H2,1-4H3. The third kappa shape index (κ3) is 4.04. The van der Waals surface area contributed by atoms with E-state index in [2.05, 4.69) is 54.7 Å². The van der Waals surface area contributed by atoms with Gasteiger partial charge in [-0.1, -0.05) is 6.07 Å². The second-order valence-electron chi connectivity index (χ2n) is 6.95. The van der Waals surface area contributed by atoms with E-state index in [0.29, 0.717) is 23.8 Å². The average Bonchev–Trinajstić information content (AvgIpc) is 3.20. The number of hydrogen-bond donors (Lipinski definition) is 1. The van der Waals surface area contributed by atoms with E-state index in [-0.39, 0.29) is 0 Å². The van der Waals surface area contributed by atoms with E-state index in [9.17, 15) is 0 Å². The monoisotopic (exact) mass is 420 g/mol. The van der Waals surface area contributed by atoms with Gasteiger partial charge < -0.3 is 19.5 Å². The molecule has 1 aromatic heterocycles. The zero-order chi connectivity index (χ0) is 21.1. The first kappa shape index (κ1) is 20.0. The summed E-state index contributed by atoms with van der Waals surface area (Å²) in [6, 6.07) is 18.6. The van der Waals surface area contributed by atoms with Crippen molar-refractivity contribution in [2.45, 2.75) is 13.5 Å². The van der Waals surface area contributed by atoms with Crippen molar-refractivity contribution in [1.29, 1.82) is 0 Å². The molecule has 4 aromatic rings. The lowest BCUT2D eigenvalue weighted by Gasteiger charge is -2.15. The van der Waals surface area contributed by atoms with Gasteiger partial charge in [-0.25, -0.2) is 4.98 Å². The Morgan fingerprint density at radius 3 is 2.20 bits per heavy atom. The Bertz CT molecular complexity index is 1140. The molecule has 0 spiro atoms. The van der Waals surface area contributed by atoms with Crippen LogP contribution in [0.15, 0.2) is 54.6 Å². The second kappa shape index (κ2) is 8.63. The Hall–Kier alpha value is -3.25. The Morgan fingerprint density at radius 1 is 0.867 bits per heavy atom. The molecular weight excluding hydrogens is 396 g/mol. The minimum Gasteiger partial charge on any atom is -0.493 e. The number of benzene rings is 3. The Morgan fingerprint density at radius 2 is 1.57 bits per heavy atom. The van der Waals surface area contributed by atoms with Crippen molar-refractivity contribution in [3.63, 3.8) is 0 Å². The molecular formula is C24H24N2O3S. The van der Waals surface area contributed by atoms with E-state index in [0.717, 1.165) is 27.3 Å². The van der Waals surface area contributed by atoms with Gasteiger partial charge in [-0.15, -0.1) is 11.3 Å². The van der Waals surface area contributed by atoms with Crippen molar-refractivity contribution in [3.05, 3.63) is 65.7 Å². The highest BCUT2D eigenvalue weighted by molar-refractivity contribution is 7.21. The zero-order valence-corrected chi connectivity index (χ0v) is 18.3. The molecule has 154 valence electrons. The fourth-order valence-electron chi connectivity index (χ4n) is 3.33. The van der Waals surface area contributed by atoms with Gasteiger partial charge in [-0.3, -0.25) is 0 Å². The molecule has 0 amide bonds. The molecule has 3 aromatic carbocycles. The molecule has 1 heterocycles. The fourth-order valence-corrected chi connectivity index (χ4v) is 4.40. The van der Waals surface area contributed by atoms with E-state index >= 15 is 0 Å². The third-order valence-corrected chi connectivity index (χ3v) is 5.96. The van der Waals surface area contributed by atoms with Crippen molar-refractivity contribution >= 4 is 27.2 Å². The summed E-state index contributed by atoms with van der Waals surface area (Å²) >= 11 is 1.72. The number of fused-ring (bicyclic) bond motifs is 1. The first-order valence-corrected chi connectivity index (χ1v) is 10.4. The lowest BCUT2D eigenvalue weighted by molar-refractivity contribution is 0.324. The van der Waals surface area contributed by atoms with Crippen molar-refractivity contribution in [2.75, 3.05) is 26.6 Å². The van der Waals surface area contributed by atoms with Crippen LogP contribution in [0, 0.1) is 6.92 Å². The summed E-state index contributed by atoms with van der Waals surface area (Å²) < 4.78 is 17.5. The number of nitrogens with one attached hydrogen (secondary N) is 1. The topological polar surface area (TPSA) is 52.6 Å². The zero-order valence-electron chi connectivity index (χ0n) is 17.5. The Labute approximate surface area is 180 Å². The summed E-state index contributed by atoms with van der Waals surface area (Å²) in [5.41, 5.74) is 5.49. The molecule has 1 N–H and O–H groups in total. The molecule has 0 fully saturated rings. The summed E-state index contributed by atoms with van der Waals surface area (Å²) in [4.78, 5) is 4.76. The molecule has 0 aliphatic carbocycles. The van der Waals surface area contributed by atoms with Gasteiger partial charge in [-0.05, 0) is 66.6 Å². The van der Waals surface area contributed by atoms with Gasteiger partial charge in [0.2, 0.25) is 5.75 Å². The van der Waals surface area contributed by atoms with E-state index < -0.39 is 0 Å². The van der Waals surface area contributed by atoms with Crippen LogP contribution in [0.4, 0.5) is 5.69 Å². The van der Waals surface area contributed by atoms with Gasteiger partial charge in [0.05, 0.1) is 31.5 Å². The molecule has 0 saturated heterocycles. The number of aromatic nitrogens is 1. The number of anilines is 1. The van der Waals surface area contributed by atoms with Crippen molar-refractivity contribution in [1.82, 2.24) is 4.98 Å². The summed E-state index contributed by atoms with van der Waals surface area (Å²) in [6.07, 6.45) is 0. The van der Waals surface area contributed by atoms with Crippen LogP contribution in [0.25, 0.3) is 20.8 Å². The minimum absolute atomic E-state index is 0.596. The highest BCUT2D eigenvalue weighted by Gasteiger charge is 2.13. The minimum atomic E-state index is 0.596. The third-order valence-electron chi connectivity index (χ3n) is 4.90. The van der Waals surface area contributed by atoms with Crippen LogP contribution in [-0.2, 0) is 6.54 Å². The lowest BCUT2D eigenvalue weighted by atomic mass is 10.1. The molecule has 0 radical (unpaired) electrons. The maximum absolute atomic E-state index is 5.43. The number of rotatable bonds is 7. The summed E-state index contributed by atoms with van der Waals surface area (Å²) in [5, 5.41) is 4.48. The number of nitrogens with zero attached hydrogens (tertiary/aromatic N) is 1. The van der Waals surface area contributed by atoms with E-state index in [4.69, 9.17) is 19.2 Å². The predicted molar refractivity (Wildman–Crippen MR) is 123 cm³/mol. The van der Waals surface area contributed by atoms with Crippen molar-refractivity contribution in [3.8, 4) is 27.8 Å². The van der Waals surface area contributed by atoms with E-state index in [1.165, 1.54) is 10.3 Å². The van der Waals surface area contributed by atoms with Crippen LogP contribution in [0.3, 0.4) is 0 Å². The van der Waals surface area contributed by atoms with Gasteiger partial charge in [0.25, 0.3) is 0 Å². The lowest BCUT2D eigenvalue weighted by Crippen LogP contribution is -2.02. The van der Waals surface area contributed by atoms with Gasteiger partial charge >= 0.3 is 0 Å². The molecule has 0 unspecified atom stereocenters. The average molecular weight is 421 g/mol. The van der Waals surface area contributed by atoms with Crippen molar-refractivity contribution < 1.29 is 14.2 Å². The molecule has 0 atom stereocenters. The highest BCUT2D eigenvalue weighted by Crippen LogP contribution is 2.38. The first-order valence-electron chi connectivity index (χ1n) is 9.61. The van der Waals surface area contributed by atoms with Gasteiger partial charge in [0, 0.05) is 17.8 Å². The molecule has 4 rings (SSSR count). The van der Waals surface area contributed by atoms with Crippen LogP contribution >= 0.6 is 11.3 Å². The first-order chi connectivity index (χ1) is 14.6. The molecule has 30 heavy (non-hydrogen) atoms. The van der Waals surface area contributed by atoms with Gasteiger partial charge in [0.15, 0.2) is 11.5 Å². The van der Waals surface area contributed by atoms with Crippen LogP contribution in [-0.4, -0.2) is 26.3 Å². The maximum Gasteiger partial charge on any atom is 0.203 e. The SMILES string of the molecule is COc1cc(CNc2ccc(-c3nc4ccc(C)cc4s3)cc2)cc(OC)c1OC. The molecule has 0 aliphatic heterocycles.